The van der Waals surface area contributed by atoms with Crippen molar-refractivity contribution in [2.45, 2.75) is 13.8 Å². The summed E-state index contributed by atoms with van der Waals surface area (Å²) in [4.78, 5) is 11.2. The van der Waals surface area contributed by atoms with Crippen LogP contribution in [0.15, 0.2) is 47.9 Å². The van der Waals surface area contributed by atoms with Crippen LogP contribution in [-0.4, -0.2) is 6.09 Å². The molecule has 1 aromatic rings. The first kappa shape index (κ1) is 11.1. The minimum absolute atomic E-state index is 0.519. The Balaban J connectivity index is 2.48. The molecule has 1 aromatic carbocycles. The minimum Gasteiger partial charge on any atom is -0.410 e. The molecule has 3 heteroatoms. The van der Waals surface area contributed by atoms with Crippen LogP contribution in [0.3, 0.4) is 0 Å². The first-order valence-electron chi connectivity index (χ1n) is 4.59. The fourth-order valence-corrected chi connectivity index (χ4v) is 0.870. The molecule has 1 N–H and O–H groups in total. The standard InChI is InChI=1S/C12H13NO2/c1-10(2)8-9-15-12(14)13-11-6-4-3-5-7-11/h3-7,9H,1-2H3,(H,13,14). The predicted molar refractivity (Wildman–Crippen MR) is 59.5 cm³/mol. The predicted octanol–water partition coefficient (Wildman–Crippen LogP) is 3.31. The first-order chi connectivity index (χ1) is 7.18. The summed E-state index contributed by atoms with van der Waals surface area (Å²) in [6.07, 6.45) is 0.725. The van der Waals surface area contributed by atoms with Crippen LogP contribution in [0.4, 0.5) is 10.5 Å². The van der Waals surface area contributed by atoms with Crippen molar-refractivity contribution >= 4 is 11.8 Å². The molecule has 0 aliphatic carbocycles. The maximum Gasteiger partial charge on any atom is 0.417 e. The number of allylic oxidation sites excluding steroid dienone is 1. The zero-order valence-electron chi connectivity index (χ0n) is 8.78. The van der Waals surface area contributed by atoms with E-state index in [9.17, 15) is 4.79 Å². The molecule has 3 nitrogen and oxygen atoms in total. The number of hydrogen-bond acceptors (Lipinski definition) is 2. The highest BCUT2D eigenvalue weighted by Gasteiger charge is 1.98. The summed E-state index contributed by atoms with van der Waals surface area (Å²) < 4.78 is 4.75. The molecule has 0 saturated carbocycles. The highest BCUT2D eigenvalue weighted by atomic mass is 16.5. The first-order valence-corrected chi connectivity index (χ1v) is 4.59. The molecule has 0 aliphatic rings. The van der Waals surface area contributed by atoms with Crippen LogP contribution in [0.2, 0.25) is 0 Å². The third kappa shape index (κ3) is 4.69. The lowest BCUT2D eigenvalue weighted by molar-refractivity contribution is 0.201. The molecule has 0 aliphatic heterocycles. The number of ether oxygens (including phenoxy) is 1. The highest BCUT2D eigenvalue weighted by molar-refractivity contribution is 5.84. The van der Waals surface area contributed by atoms with Crippen LogP contribution in [-0.2, 0) is 4.74 Å². The van der Waals surface area contributed by atoms with Gasteiger partial charge in [0.15, 0.2) is 0 Å². The Labute approximate surface area is 89.1 Å². The monoisotopic (exact) mass is 203 g/mol. The molecule has 0 radical (unpaired) electrons. The summed E-state index contributed by atoms with van der Waals surface area (Å²) in [6.45, 7) is 3.74. The molecule has 0 atom stereocenters. The molecule has 0 heterocycles. The fraction of sp³-hybridized carbons (Fsp3) is 0.167. The SMILES string of the molecule is CC(C)=C=COC(=O)Nc1ccccc1. The van der Waals surface area contributed by atoms with E-state index < -0.39 is 6.09 Å². The van der Waals surface area contributed by atoms with Gasteiger partial charge in [0, 0.05) is 5.69 Å². The van der Waals surface area contributed by atoms with Crippen LogP contribution >= 0.6 is 0 Å². The van der Waals surface area contributed by atoms with Crippen LogP contribution in [0, 0.1) is 0 Å². The molecular weight excluding hydrogens is 190 g/mol. The van der Waals surface area contributed by atoms with E-state index in [1.54, 1.807) is 12.1 Å². The van der Waals surface area contributed by atoms with Gasteiger partial charge in [-0.05, 0) is 31.6 Å². The molecule has 15 heavy (non-hydrogen) atoms. The molecule has 78 valence electrons. The Morgan fingerprint density at radius 2 is 2.00 bits per heavy atom. The molecule has 0 aromatic heterocycles. The number of benzene rings is 1. The van der Waals surface area contributed by atoms with Crippen LogP contribution < -0.4 is 5.32 Å². The van der Waals surface area contributed by atoms with Crippen LogP contribution in [0.25, 0.3) is 0 Å². The van der Waals surface area contributed by atoms with Gasteiger partial charge in [0.25, 0.3) is 0 Å². The summed E-state index contributed by atoms with van der Waals surface area (Å²) in [5.74, 6) is 0. The zero-order valence-corrected chi connectivity index (χ0v) is 8.78. The van der Waals surface area contributed by atoms with Crippen molar-refractivity contribution in [3.05, 3.63) is 47.9 Å². The number of para-hydroxylation sites is 1. The van der Waals surface area contributed by atoms with Crippen molar-refractivity contribution in [3.63, 3.8) is 0 Å². The van der Waals surface area contributed by atoms with Crippen LogP contribution in [0.5, 0.6) is 0 Å². The maximum absolute atomic E-state index is 11.2. The lowest BCUT2D eigenvalue weighted by Crippen LogP contribution is -2.09. The van der Waals surface area contributed by atoms with Gasteiger partial charge in [-0.1, -0.05) is 23.9 Å². The Bertz CT molecular complexity index is 385. The number of anilines is 1. The van der Waals surface area contributed by atoms with Crippen molar-refractivity contribution in [1.82, 2.24) is 0 Å². The normalized spacial score (nSPS) is 8.67. The Morgan fingerprint density at radius 3 is 2.60 bits per heavy atom. The molecule has 0 spiro atoms. The summed E-state index contributed by atoms with van der Waals surface area (Å²) in [5, 5.41) is 2.57. The number of carbonyl (C=O) groups excluding carboxylic acids is 1. The lowest BCUT2D eigenvalue weighted by Gasteiger charge is -2.01. The highest BCUT2D eigenvalue weighted by Crippen LogP contribution is 2.05. The fourth-order valence-electron chi connectivity index (χ4n) is 0.870. The summed E-state index contributed by atoms with van der Waals surface area (Å²) >= 11 is 0. The number of hydrogen-bond donors (Lipinski definition) is 1. The summed E-state index contributed by atoms with van der Waals surface area (Å²) in [6, 6.07) is 9.11. The van der Waals surface area contributed by atoms with E-state index in [1.807, 2.05) is 32.0 Å². The van der Waals surface area contributed by atoms with Crippen molar-refractivity contribution in [1.29, 1.82) is 0 Å². The molecule has 0 fully saturated rings. The van der Waals surface area contributed by atoms with E-state index in [0.717, 1.165) is 5.57 Å². The number of carbonyl (C=O) groups is 1. The molecular formula is C12H13NO2. The molecule has 0 bridgehead atoms. The summed E-state index contributed by atoms with van der Waals surface area (Å²) in [5.41, 5.74) is 4.42. The topological polar surface area (TPSA) is 38.3 Å². The van der Waals surface area contributed by atoms with Gasteiger partial charge in [-0.3, -0.25) is 5.32 Å². The molecule has 1 rings (SSSR count). The van der Waals surface area contributed by atoms with Gasteiger partial charge < -0.3 is 4.74 Å². The average Bonchev–Trinajstić information content (AvgIpc) is 2.18. The Hall–Kier alpha value is -1.99. The van der Waals surface area contributed by atoms with E-state index >= 15 is 0 Å². The van der Waals surface area contributed by atoms with Gasteiger partial charge in [-0.15, -0.1) is 0 Å². The van der Waals surface area contributed by atoms with Gasteiger partial charge in [-0.2, -0.15) is 0 Å². The smallest absolute Gasteiger partial charge is 0.410 e. The van der Waals surface area contributed by atoms with E-state index in [2.05, 4.69) is 11.0 Å². The number of amides is 1. The third-order valence-corrected chi connectivity index (χ3v) is 1.53. The average molecular weight is 203 g/mol. The summed E-state index contributed by atoms with van der Waals surface area (Å²) in [7, 11) is 0. The van der Waals surface area contributed by atoms with Gasteiger partial charge >= 0.3 is 6.09 Å². The van der Waals surface area contributed by atoms with Gasteiger partial charge in [-0.25, -0.2) is 4.79 Å². The van der Waals surface area contributed by atoms with Crippen molar-refractivity contribution in [2.24, 2.45) is 0 Å². The van der Waals surface area contributed by atoms with E-state index in [4.69, 9.17) is 4.74 Å². The zero-order chi connectivity index (χ0) is 11.1. The van der Waals surface area contributed by atoms with Crippen molar-refractivity contribution < 1.29 is 9.53 Å². The van der Waals surface area contributed by atoms with Gasteiger partial charge in [0.05, 0.1) is 0 Å². The number of rotatable bonds is 2. The van der Waals surface area contributed by atoms with Gasteiger partial charge in [0.1, 0.15) is 6.26 Å². The second-order valence-corrected chi connectivity index (χ2v) is 3.16. The van der Waals surface area contributed by atoms with Crippen LogP contribution in [0.1, 0.15) is 13.8 Å². The Kier molecular flexibility index (Phi) is 4.20. The van der Waals surface area contributed by atoms with E-state index in [1.165, 1.54) is 6.26 Å². The molecule has 1 amide bonds. The van der Waals surface area contributed by atoms with Gasteiger partial charge in [0.2, 0.25) is 0 Å². The second kappa shape index (κ2) is 5.68. The largest absolute Gasteiger partial charge is 0.417 e. The van der Waals surface area contributed by atoms with E-state index in [-0.39, 0.29) is 0 Å². The third-order valence-electron chi connectivity index (χ3n) is 1.53. The molecule has 0 saturated heterocycles. The van der Waals surface area contributed by atoms with Crippen molar-refractivity contribution in [2.75, 3.05) is 5.32 Å². The van der Waals surface area contributed by atoms with Crippen molar-refractivity contribution in [3.8, 4) is 0 Å². The lowest BCUT2D eigenvalue weighted by atomic mass is 10.3. The maximum atomic E-state index is 11.2. The number of nitrogens with one attached hydrogen (secondary N) is 1. The quantitative estimate of drug-likeness (QED) is 0.591. The Morgan fingerprint density at radius 1 is 1.33 bits per heavy atom. The van der Waals surface area contributed by atoms with E-state index in [0.29, 0.717) is 5.69 Å². The molecule has 0 unspecified atom stereocenters. The second-order valence-electron chi connectivity index (χ2n) is 3.16. The minimum atomic E-state index is -0.519.